The Bertz CT molecular complexity index is 1120. The second-order valence-electron chi connectivity index (χ2n) is 7.94. The summed E-state index contributed by atoms with van der Waals surface area (Å²) in [7, 11) is 0. The third-order valence-electron chi connectivity index (χ3n) is 5.40. The Hall–Kier alpha value is -2.73. The van der Waals surface area contributed by atoms with Crippen LogP contribution in [-0.4, -0.2) is 35.9 Å². The Morgan fingerprint density at radius 1 is 0.886 bits per heavy atom. The van der Waals surface area contributed by atoms with E-state index in [4.69, 9.17) is 39.5 Å². The average Bonchev–Trinajstić information content (AvgIpc) is 2.86. The van der Waals surface area contributed by atoms with Crippen LogP contribution in [-0.2, 0) is 22.6 Å². The van der Waals surface area contributed by atoms with Gasteiger partial charge in [-0.15, -0.1) is 0 Å². The molecule has 0 heterocycles. The van der Waals surface area contributed by atoms with Gasteiger partial charge in [-0.1, -0.05) is 90.3 Å². The Balaban J connectivity index is 1.95. The lowest BCUT2D eigenvalue weighted by Crippen LogP contribution is -2.51. The van der Waals surface area contributed by atoms with Gasteiger partial charge in [-0.25, -0.2) is 0 Å². The number of hydrogen-bond donors (Lipinski definition) is 1. The number of para-hydroxylation sites is 1. The van der Waals surface area contributed by atoms with E-state index < -0.39 is 11.9 Å². The van der Waals surface area contributed by atoms with Crippen molar-refractivity contribution < 1.29 is 14.3 Å². The van der Waals surface area contributed by atoms with Gasteiger partial charge in [-0.05, 0) is 36.2 Å². The van der Waals surface area contributed by atoms with E-state index in [1.807, 2.05) is 37.3 Å². The molecule has 0 spiro atoms. The van der Waals surface area contributed by atoms with E-state index in [0.717, 1.165) is 12.0 Å². The van der Waals surface area contributed by atoms with E-state index in [9.17, 15) is 9.59 Å². The van der Waals surface area contributed by atoms with Crippen molar-refractivity contribution in [2.75, 3.05) is 13.2 Å². The number of amides is 2. The third-order valence-corrected chi connectivity index (χ3v) is 6.42. The van der Waals surface area contributed by atoms with Crippen molar-refractivity contribution in [2.45, 2.75) is 32.4 Å². The molecular weight excluding hydrogens is 507 g/mol. The summed E-state index contributed by atoms with van der Waals surface area (Å²) in [5.41, 5.74) is 1.47. The quantitative estimate of drug-likeness (QED) is 0.320. The van der Waals surface area contributed by atoms with Crippen molar-refractivity contribution in [3.63, 3.8) is 0 Å². The molecule has 3 rings (SSSR count). The second kappa shape index (κ2) is 13.4. The van der Waals surface area contributed by atoms with Gasteiger partial charge in [0, 0.05) is 35.1 Å². The van der Waals surface area contributed by atoms with Gasteiger partial charge in [-0.2, -0.15) is 0 Å². The number of rotatable bonds is 11. The molecule has 1 atom stereocenters. The maximum atomic E-state index is 13.6. The summed E-state index contributed by atoms with van der Waals surface area (Å²) in [4.78, 5) is 28.3. The van der Waals surface area contributed by atoms with Crippen molar-refractivity contribution >= 4 is 46.6 Å². The molecular formula is C27H27Cl3N2O3. The molecule has 0 fully saturated rings. The number of benzene rings is 3. The number of ether oxygens (including phenoxy) is 1. The third kappa shape index (κ3) is 7.63. The van der Waals surface area contributed by atoms with Crippen molar-refractivity contribution in [1.82, 2.24) is 10.2 Å². The average molecular weight is 534 g/mol. The number of carbonyl (C=O) groups excluding carboxylic acids is 2. The van der Waals surface area contributed by atoms with E-state index in [1.165, 1.54) is 4.90 Å². The van der Waals surface area contributed by atoms with E-state index in [1.54, 1.807) is 42.5 Å². The Kier molecular flexibility index (Phi) is 10.3. The van der Waals surface area contributed by atoms with Crippen LogP contribution in [0.15, 0.2) is 72.8 Å². The first-order valence-electron chi connectivity index (χ1n) is 11.3. The lowest BCUT2D eigenvalue weighted by Gasteiger charge is -2.32. The van der Waals surface area contributed by atoms with Gasteiger partial charge in [0.1, 0.15) is 11.8 Å². The Morgan fingerprint density at radius 3 is 2.17 bits per heavy atom. The van der Waals surface area contributed by atoms with Crippen LogP contribution in [0.25, 0.3) is 0 Å². The molecule has 0 aliphatic carbocycles. The van der Waals surface area contributed by atoms with Gasteiger partial charge in [-0.3, -0.25) is 9.59 Å². The first-order valence-corrected chi connectivity index (χ1v) is 12.5. The number of hydrogen-bond acceptors (Lipinski definition) is 3. The maximum absolute atomic E-state index is 13.6. The van der Waals surface area contributed by atoms with E-state index >= 15 is 0 Å². The molecule has 5 nitrogen and oxygen atoms in total. The molecule has 0 saturated heterocycles. The van der Waals surface area contributed by atoms with Crippen molar-refractivity contribution in [2.24, 2.45) is 0 Å². The monoisotopic (exact) mass is 532 g/mol. The topological polar surface area (TPSA) is 58.6 Å². The number of nitrogens with zero attached hydrogens (tertiary/aromatic N) is 1. The minimum atomic E-state index is -0.807. The summed E-state index contributed by atoms with van der Waals surface area (Å²) in [6.07, 6.45) is 1.08. The lowest BCUT2D eigenvalue weighted by atomic mass is 10.0. The zero-order valence-corrected chi connectivity index (χ0v) is 21.6. The molecule has 35 heavy (non-hydrogen) atoms. The van der Waals surface area contributed by atoms with Gasteiger partial charge >= 0.3 is 0 Å². The molecule has 1 unspecified atom stereocenters. The summed E-state index contributed by atoms with van der Waals surface area (Å²) in [5, 5.41) is 4.14. The molecule has 8 heteroatoms. The van der Waals surface area contributed by atoms with Crippen molar-refractivity contribution in [3.05, 3.63) is 99.0 Å². The number of carbonyl (C=O) groups is 2. The van der Waals surface area contributed by atoms with E-state index in [0.29, 0.717) is 39.3 Å². The molecule has 1 N–H and O–H groups in total. The largest absolute Gasteiger partial charge is 0.482 e. The van der Waals surface area contributed by atoms with Gasteiger partial charge in [0.15, 0.2) is 6.61 Å². The lowest BCUT2D eigenvalue weighted by molar-refractivity contribution is -0.142. The fourth-order valence-corrected chi connectivity index (χ4v) is 4.27. The Labute approximate surface area is 220 Å². The summed E-state index contributed by atoms with van der Waals surface area (Å²) in [6, 6.07) is 20.8. The van der Waals surface area contributed by atoms with Gasteiger partial charge < -0.3 is 15.0 Å². The smallest absolute Gasteiger partial charge is 0.261 e. The van der Waals surface area contributed by atoms with Crippen LogP contribution in [0.4, 0.5) is 0 Å². The predicted octanol–water partition coefficient (Wildman–Crippen LogP) is 6.19. The van der Waals surface area contributed by atoms with E-state index in [2.05, 4.69) is 5.32 Å². The summed E-state index contributed by atoms with van der Waals surface area (Å²) in [6.45, 7) is 2.20. The molecule has 3 aromatic rings. The van der Waals surface area contributed by atoms with Crippen molar-refractivity contribution in [1.29, 1.82) is 0 Å². The molecule has 0 aliphatic rings. The highest BCUT2D eigenvalue weighted by Gasteiger charge is 2.31. The number of halogens is 3. The van der Waals surface area contributed by atoms with Gasteiger partial charge in [0.05, 0.1) is 5.02 Å². The normalized spacial score (nSPS) is 11.5. The van der Waals surface area contributed by atoms with Crippen LogP contribution in [0, 0.1) is 0 Å². The summed E-state index contributed by atoms with van der Waals surface area (Å²) in [5.74, 6) is -0.272. The first kappa shape index (κ1) is 26.9. The highest BCUT2D eigenvalue weighted by molar-refractivity contribution is 6.36. The van der Waals surface area contributed by atoms with Crippen LogP contribution in [0.2, 0.25) is 15.1 Å². The number of nitrogens with one attached hydrogen (secondary N) is 1. The molecule has 3 aromatic carbocycles. The molecule has 0 radical (unpaired) electrons. The predicted molar refractivity (Wildman–Crippen MR) is 141 cm³/mol. The SMILES string of the molecule is CCCNC(=O)C(Cc1ccccc1)N(Cc1c(Cl)cccc1Cl)C(=O)COc1ccccc1Cl. The molecule has 184 valence electrons. The zero-order valence-electron chi connectivity index (χ0n) is 19.3. The standard InChI is InChI=1S/C27H27Cl3N2O3/c1-2-15-31-27(34)24(16-19-9-4-3-5-10-19)32(17-20-21(28)12-8-13-22(20)29)26(33)18-35-25-14-7-6-11-23(25)30/h3-14,24H,2,15-18H2,1H3,(H,31,34). The molecule has 0 aliphatic heterocycles. The maximum Gasteiger partial charge on any atom is 0.261 e. The molecule has 0 saturated carbocycles. The van der Waals surface area contributed by atoms with Crippen molar-refractivity contribution in [3.8, 4) is 5.75 Å². The minimum Gasteiger partial charge on any atom is -0.482 e. The Morgan fingerprint density at radius 2 is 1.51 bits per heavy atom. The van der Waals surface area contributed by atoms with Gasteiger partial charge in [0.2, 0.25) is 5.91 Å². The zero-order chi connectivity index (χ0) is 25.2. The van der Waals surface area contributed by atoms with Crippen LogP contribution in [0.5, 0.6) is 5.75 Å². The van der Waals surface area contributed by atoms with Crippen LogP contribution < -0.4 is 10.1 Å². The molecule has 0 aromatic heterocycles. The first-order chi connectivity index (χ1) is 16.9. The van der Waals surface area contributed by atoms with Crippen LogP contribution >= 0.6 is 34.8 Å². The minimum absolute atomic E-state index is 0.0419. The highest BCUT2D eigenvalue weighted by Crippen LogP contribution is 2.28. The van der Waals surface area contributed by atoms with Gasteiger partial charge in [0.25, 0.3) is 5.91 Å². The second-order valence-corrected chi connectivity index (χ2v) is 9.16. The summed E-state index contributed by atoms with van der Waals surface area (Å²) >= 11 is 19.0. The summed E-state index contributed by atoms with van der Waals surface area (Å²) < 4.78 is 5.72. The molecule has 0 bridgehead atoms. The highest BCUT2D eigenvalue weighted by atomic mass is 35.5. The van der Waals surface area contributed by atoms with Crippen LogP contribution in [0.1, 0.15) is 24.5 Å². The fraction of sp³-hybridized carbons (Fsp3) is 0.259. The molecule has 2 amide bonds. The van der Waals surface area contributed by atoms with E-state index in [-0.39, 0.29) is 19.1 Å². The fourth-order valence-electron chi connectivity index (χ4n) is 3.56. The van der Waals surface area contributed by atoms with Crippen LogP contribution in [0.3, 0.4) is 0 Å².